The summed E-state index contributed by atoms with van der Waals surface area (Å²) in [6, 6.07) is 12.1. The number of aromatic nitrogens is 1. The summed E-state index contributed by atoms with van der Waals surface area (Å²) in [5.74, 6) is 0.791. The summed E-state index contributed by atoms with van der Waals surface area (Å²) in [7, 11) is 0. The van der Waals surface area contributed by atoms with Gasteiger partial charge in [-0.05, 0) is 66.6 Å². The maximum Gasteiger partial charge on any atom is 0.251 e. The van der Waals surface area contributed by atoms with Crippen LogP contribution in [0.25, 0.3) is 5.57 Å². The second-order valence-corrected chi connectivity index (χ2v) is 9.55. The molecule has 0 spiro atoms. The third kappa shape index (κ3) is 5.54. The van der Waals surface area contributed by atoms with Gasteiger partial charge in [-0.1, -0.05) is 43.6 Å². The fourth-order valence-corrected chi connectivity index (χ4v) is 4.72. The molecule has 2 aliphatic rings. The zero-order valence-electron chi connectivity index (χ0n) is 20.1. The van der Waals surface area contributed by atoms with Gasteiger partial charge in [0.1, 0.15) is 23.1 Å². The summed E-state index contributed by atoms with van der Waals surface area (Å²) in [5, 5.41) is 2.72. The lowest BCUT2D eigenvalue weighted by atomic mass is 9.79. The Labute approximate surface area is 211 Å². The van der Waals surface area contributed by atoms with Crippen molar-refractivity contribution in [3.63, 3.8) is 0 Å². The first-order valence-electron chi connectivity index (χ1n) is 12.3. The predicted octanol–water partition coefficient (Wildman–Crippen LogP) is 7.40. The Hall–Kier alpha value is -3.80. The number of allylic oxidation sites excluding steroid dienone is 4. The number of benzene rings is 2. The highest BCUT2D eigenvalue weighted by molar-refractivity contribution is 5.96. The van der Waals surface area contributed by atoms with Gasteiger partial charge in [-0.2, -0.15) is 0 Å². The fraction of sp³-hybridized carbons (Fsp3) is 0.267. The summed E-state index contributed by atoms with van der Waals surface area (Å²) >= 11 is 0. The molecule has 0 radical (unpaired) electrons. The van der Waals surface area contributed by atoms with Gasteiger partial charge in [0.05, 0.1) is 5.69 Å². The van der Waals surface area contributed by atoms with E-state index in [1.807, 2.05) is 13.0 Å². The molecule has 4 nitrogen and oxygen atoms in total. The van der Waals surface area contributed by atoms with Crippen molar-refractivity contribution in [3.8, 4) is 11.5 Å². The SMILES string of the molecule is Cc1c(Oc2ccnc(C3=CC(CC4CCC4)C=C3)c2)cccc1C(=O)NCc1cc(F)cc(F)c1.[HH]. The summed E-state index contributed by atoms with van der Waals surface area (Å²) in [6.45, 7) is 1.82. The minimum atomic E-state index is -0.680. The van der Waals surface area contributed by atoms with Crippen LogP contribution in [0.15, 0.2) is 73.0 Å². The first kappa shape index (κ1) is 23.9. The third-order valence-corrected chi connectivity index (χ3v) is 6.91. The molecule has 2 aliphatic carbocycles. The highest BCUT2D eigenvalue weighted by Gasteiger charge is 2.22. The minimum Gasteiger partial charge on any atom is -0.457 e. The molecule has 1 fully saturated rings. The molecule has 1 heterocycles. The largest absolute Gasteiger partial charge is 0.457 e. The van der Waals surface area contributed by atoms with E-state index in [1.165, 1.54) is 37.8 Å². The second-order valence-electron chi connectivity index (χ2n) is 9.55. The van der Waals surface area contributed by atoms with Gasteiger partial charge in [-0.25, -0.2) is 8.78 Å². The highest BCUT2D eigenvalue weighted by Crippen LogP contribution is 2.37. The van der Waals surface area contributed by atoms with E-state index in [1.54, 1.807) is 30.5 Å². The maximum absolute atomic E-state index is 13.4. The van der Waals surface area contributed by atoms with E-state index in [0.29, 0.717) is 34.1 Å². The molecule has 1 unspecified atom stereocenters. The standard InChI is InChI=1S/C30H28F2N2O2.H2/c1-19-27(30(35)34-18-22-14-24(31)16-25(32)15-22)6-3-7-29(19)36-26-10-11-33-28(17-26)23-9-8-21(13-23)12-20-4-2-5-20;/h3,6-11,13-17,20-21H,2,4-5,12,18H2,1H3,(H,34,35);1H. The fourth-order valence-electron chi connectivity index (χ4n) is 4.72. The average Bonchev–Trinajstić information content (AvgIpc) is 3.30. The number of halogens is 2. The van der Waals surface area contributed by atoms with Crippen molar-refractivity contribution in [2.75, 3.05) is 0 Å². The van der Waals surface area contributed by atoms with Gasteiger partial charge in [-0.3, -0.25) is 9.78 Å². The van der Waals surface area contributed by atoms with Crippen LogP contribution in [0.2, 0.25) is 0 Å². The number of ether oxygens (including phenoxy) is 1. The molecule has 2 aromatic carbocycles. The first-order valence-corrected chi connectivity index (χ1v) is 12.3. The Morgan fingerprint density at radius 1 is 1.14 bits per heavy atom. The smallest absolute Gasteiger partial charge is 0.251 e. The zero-order valence-corrected chi connectivity index (χ0v) is 20.1. The topological polar surface area (TPSA) is 51.2 Å². The van der Waals surface area contributed by atoms with Crippen molar-refractivity contribution in [1.82, 2.24) is 10.3 Å². The number of hydrogen-bond donors (Lipinski definition) is 1. The van der Waals surface area contributed by atoms with Crippen LogP contribution in [0.1, 0.15) is 54.3 Å². The molecule has 36 heavy (non-hydrogen) atoms. The molecular weight excluding hydrogens is 458 g/mol. The van der Waals surface area contributed by atoms with Gasteiger partial charge in [0.2, 0.25) is 0 Å². The molecular formula is C30H30F2N2O2. The van der Waals surface area contributed by atoms with Crippen LogP contribution in [0.3, 0.4) is 0 Å². The molecule has 6 heteroatoms. The van der Waals surface area contributed by atoms with Crippen molar-refractivity contribution >= 4 is 11.5 Å². The number of pyridine rings is 1. The van der Waals surface area contributed by atoms with Gasteiger partial charge in [0, 0.05) is 37.4 Å². The monoisotopic (exact) mass is 488 g/mol. The number of hydrogen-bond acceptors (Lipinski definition) is 3. The van der Waals surface area contributed by atoms with Crippen molar-refractivity contribution in [3.05, 3.63) is 107 Å². The van der Waals surface area contributed by atoms with E-state index < -0.39 is 11.6 Å². The molecule has 0 bridgehead atoms. The van der Waals surface area contributed by atoms with E-state index in [0.717, 1.165) is 23.3 Å². The lowest BCUT2D eigenvalue weighted by Crippen LogP contribution is -2.23. The molecule has 0 aliphatic heterocycles. The normalized spacial score (nSPS) is 17.0. The lowest BCUT2D eigenvalue weighted by molar-refractivity contribution is 0.0950. The molecule has 0 saturated heterocycles. The van der Waals surface area contributed by atoms with Crippen molar-refractivity contribution in [1.29, 1.82) is 0 Å². The lowest BCUT2D eigenvalue weighted by Gasteiger charge is -2.26. The number of amides is 1. The predicted molar refractivity (Wildman–Crippen MR) is 138 cm³/mol. The van der Waals surface area contributed by atoms with Crippen LogP contribution < -0.4 is 10.1 Å². The van der Waals surface area contributed by atoms with E-state index in [9.17, 15) is 13.6 Å². The Morgan fingerprint density at radius 3 is 2.69 bits per heavy atom. The van der Waals surface area contributed by atoms with Crippen LogP contribution >= 0.6 is 0 Å². The van der Waals surface area contributed by atoms with E-state index in [2.05, 4.69) is 28.5 Å². The minimum absolute atomic E-state index is 0. The van der Waals surface area contributed by atoms with Crippen LogP contribution in [0, 0.1) is 30.4 Å². The van der Waals surface area contributed by atoms with E-state index in [-0.39, 0.29) is 13.9 Å². The average molecular weight is 489 g/mol. The molecule has 5 rings (SSSR count). The summed E-state index contributed by atoms with van der Waals surface area (Å²) in [5.41, 5.74) is 3.40. The first-order chi connectivity index (χ1) is 17.4. The van der Waals surface area contributed by atoms with Crippen LogP contribution in [0.5, 0.6) is 11.5 Å². The van der Waals surface area contributed by atoms with Crippen molar-refractivity contribution < 1.29 is 19.7 Å². The number of nitrogens with one attached hydrogen (secondary N) is 1. The summed E-state index contributed by atoms with van der Waals surface area (Å²) in [4.78, 5) is 17.3. The van der Waals surface area contributed by atoms with E-state index in [4.69, 9.17) is 4.74 Å². The molecule has 1 atom stereocenters. The molecule has 1 amide bonds. The molecule has 1 N–H and O–H groups in total. The Morgan fingerprint density at radius 2 is 1.94 bits per heavy atom. The Kier molecular flexibility index (Phi) is 6.94. The highest BCUT2D eigenvalue weighted by atomic mass is 19.1. The third-order valence-electron chi connectivity index (χ3n) is 6.91. The number of carbonyl (C=O) groups excluding carboxylic acids is 1. The summed E-state index contributed by atoms with van der Waals surface area (Å²) in [6.07, 6.45) is 13.6. The number of nitrogens with zero attached hydrogens (tertiary/aromatic N) is 1. The summed E-state index contributed by atoms with van der Waals surface area (Å²) < 4.78 is 33.0. The maximum atomic E-state index is 13.4. The van der Waals surface area contributed by atoms with E-state index >= 15 is 0 Å². The quantitative estimate of drug-likeness (QED) is 0.359. The van der Waals surface area contributed by atoms with Crippen LogP contribution in [0.4, 0.5) is 8.78 Å². The molecule has 3 aromatic rings. The van der Waals surface area contributed by atoms with Gasteiger partial charge in [0.25, 0.3) is 5.91 Å². The molecule has 1 saturated carbocycles. The molecule has 1 aromatic heterocycles. The van der Waals surface area contributed by atoms with Gasteiger partial charge in [0.15, 0.2) is 0 Å². The van der Waals surface area contributed by atoms with Gasteiger partial charge >= 0.3 is 0 Å². The zero-order chi connectivity index (χ0) is 25.1. The second kappa shape index (κ2) is 10.4. The van der Waals surface area contributed by atoms with Crippen molar-refractivity contribution in [2.24, 2.45) is 11.8 Å². The van der Waals surface area contributed by atoms with Crippen molar-refractivity contribution in [2.45, 2.75) is 39.2 Å². The number of carbonyl (C=O) groups is 1. The van der Waals surface area contributed by atoms with Gasteiger partial charge < -0.3 is 10.1 Å². The van der Waals surface area contributed by atoms with Crippen LogP contribution in [-0.4, -0.2) is 10.9 Å². The Balaban J connectivity index is 0.00000320. The van der Waals surface area contributed by atoms with Crippen LogP contribution in [-0.2, 0) is 6.54 Å². The van der Waals surface area contributed by atoms with Gasteiger partial charge in [-0.15, -0.1) is 0 Å². The Bertz CT molecular complexity index is 1330. The number of rotatable bonds is 8. The molecule has 186 valence electrons.